The molecule has 34 heavy (non-hydrogen) atoms. The number of rotatable bonds is 15. The van der Waals surface area contributed by atoms with E-state index in [4.69, 9.17) is 18.9 Å². The third-order valence-electron chi connectivity index (χ3n) is 6.49. The van der Waals surface area contributed by atoms with E-state index >= 15 is 0 Å². The number of hydrogen-bond donors (Lipinski definition) is 7. The molecular formula is C23H44O11. The van der Waals surface area contributed by atoms with E-state index in [9.17, 15) is 35.7 Å². The third-order valence-corrected chi connectivity index (χ3v) is 6.49. The van der Waals surface area contributed by atoms with Crippen molar-refractivity contribution < 1.29 is 54.7 Å². The lowest BCUT2D eigenvalue weighted by molar-refractivity contribution is -0.359. The molecule has 0 bridgehead atoms. The van der Waals surface area contributed by atoms with Crippen LogP contribution in [0.25, 0.3) is 0 Å². The molecule has 2 rings (SSSR count). The minimum Gasteiger partial charge on any atom is -0.394 e. The maximum Gasteiger partial charge on any atom is 0.187 e. The van der Waals surface area contributed by atoms with E-state index in [1.54, 1.807) is 0 Å². The van der Waals surface area contributed by atoms with E-state index in [1.165, 1.54) is 38.5 Å². The molecule has 11 heteroatoms. The van der Waals surface area contributed by atoms with Crippen LogP contribution < -0.4 is 0 Å². The van der Waals surface area contributed by atoms with Crippen LogP contribution >= 0.6 is 0 Å². The lowest BCUT2D eigenvalue weighted by Gasteiger charge is -2.45. The van der Waals surface area contributed by atoms with Gasteiger partial charge in [0.2, 0.25) is 0 Å². The van der Waals surface area contributed by atoms with Crippen molar-refractivity contribution in [2.24, 2.45) is 0 Å². The fourth-order valence-corrected chi connectivity index (χ4v) is 4.31. The van der Waals surface area contributed by atoms with Gasteiger partial charge in [0.05, 0.1) is 13.2 Å². The number of ether oxygens (including phenoxy) is 4. The van der Waals surface area contributed by atoms with Gasteiger partial charge in [0.25, 0.3) is 0 Å². The van der Waals surface area contributed by atoms with E-state index in [1.807, 2.05) is 0 Å². The summed E-state index contributed by atoms with van der Waals surface area (Å²) in [6.45, 7) is 1.29. The minimum atomic E-state index is -1.69. The summed E-state index contributed by atoms with van der Waals surface area (Å²) in [6.07, 6.45) is -3.99. The Morgan fingerprint density at radius 3 is 1.71 bits per heavy atom. The highest BCUT2D eigenvalue weighted by Crippen LogP contribution is 2.29. The molecule has 10 atom stereocenters. The Morgan fingerprint density at radius 2 is 1.12 bits per heavy atom. The van der Waals surface area contributed by atoms with Crippen LogP contribution in [0.4, 0.5) is 0 Å². The van der Waals surface area contributed by atoms with E-state index in [0.717, 1.165) is 19.3 Å². The molecule has 2 fully saturated rings. The van der Waals surface area contributed by atoms with Crippen LogP contribution in [-0.4, -0.2) is 117 Å². The van der Waals surface area contributed by atoms with E-state index in [-0.39, 0.29) is 0 Å². The molecule has 0 aromatic rings. The highest BCUT2D eigenvalue weighted by atomic mass is 16.7. The molecule has 7 N–H and O–H groups in total. The topological polar surface area (TPSA) is 179 Å². The molecule has 2 saturated heterocycles. The normalized spacial score (nSPS) is 38.8. The zero-order chi connectivity index (χ0) is 25.1. The first kappa shape index (κ1) is 29.8. The molecule has 2 aliphatic rings. The molecule has 2 heterocycles. The molecule has 4 unspecified atom stereocenters. The van der Waals surface area contributed by atoms with Crippen LogP contribution in [0, 0.1) is 0 Å². The first-order valence-electron chi connectivity index (χ1n) is 12.6. The second-order valence-electron chi connectivity index (χ2n) is 9.20. The third kappa shape index (κ3) is 8.31. The van der Waals surface area contributed by atoms with Gasteiger partial charge in [-0.1, -0.05) is 58.3 Å². The van der Waals surface area contributed by atoms with Crippen molar-refractivity contribution in [2.75, 3.05) is 19.8 Å². The van der Waals surface area contributed by atoms with Crippen LogP contribution in [0.1, 0.15) is 64.7 Å². The van der Waals surface area contributed by atoms with E-state index in [2.05, 4.69) is 6.92 Å². The smallest absolute Gasteiger partial charge is 0.187 e. The van der Waals surface area contributed by atoms with Gasteiger partial charge in [-0.05, 0) is 6.42 Å². The highest BCUT2D eigenvalue weighted by Gasteiger charge is 2.50. The Balaban J connectivity index is 1.78. The van der Waals surface area contributed by atoms with Crippen molar-refractivity contribution in [3.63, 3.8) is 0 Å². The molecule has 0 aromatic carbocycles. The Hall–Kier alpha value is -0.440. The predicted molar refractivity (Wildman–Crippen MR) is 120 cm³/mol. The van der Waals surface area contributed by atoms with Crippen LogP contribution in [0.5, 0.6) is 0 Å². The van der Waals surface area contributed by atoms with Gasteiger partial charge in [-0.2, -0.15) is 0 Å². The zero-order valence-electron chi connectivity index (χ0n) is 20.0. The molecule has 202 valence electrons. The first-order valence-corrected chi connectivity index (χ1v) is 12.6. The second kappa shape index (κ2) is 15.6. The summed E-state index contributed by atoms with van der Waals surface area (Å²) in [5.74, 6) is 0. The monoisotopic (exact) mass is 496 g/mol. The summed E-state index contributed by atoms with van der Waals surface area (Å²) in [5.41, 5.74) is 0. The van der Waals surface area contributed by atoms with Crippen LogP contribution in [0.2, 0.25) is 0 Å². The van der Waals surface area contributed by atoms with Crippen molar-refractivity contribution in [3.8, 4) is 0 Å². The van der Waals surface area contributed by atoms with Gasteiger partial charge >= 0.3 is 0 Å². The SMILES string of the molecule is CCCCCCCCCCCO[C@@H]1OC(CO)[C@H](O[C@@H]2OC(CO)[C@H](O)[C@H](O)C2O)[C@H](O)C1O. The average molecular weight is 497 g/mol. The van der Waals surface area contributed by atoms with Gasteiger partial charge in [0.15, 0.2) is 12.6 Å². The van der Waals surface area contributed by atoms with E-state index < -0.39 is 74.6 Å². The number of hydrogen-bond acceptors (Lipinski definition) is 11. The summed E-state index contributed by atoms with van der Waals surface area (Å²) in [7, 11) is 0. The van der Waals surface area contributed by atoms with Gasteiger partial charge < -0.3 is 54.7 Å². The largest absolute Gasteiger partial charge is 0.394 e. The fourth-order valence-electron chi connectivity index (χ4n) is 4.31. The highest BCUT2D eigenvalue weighted by molar-refractivity contribution is 4.94. The molecular weight excluding hydrogens is 452 g/mol. The molecule has 0 aromatic heterocycles. The lowest BCUT2D eigenvalue weighted by Crippen LogP contribution is -2.64. The van der Waals surface area contributed by atoms with E-state index in [0.29, 0.717) is 6.61 Å². The molecule has 0 saturated carbocycles. The predicted octanol–water partition coefficient (Wildman–Crippen LogP) is -0.842. The summed E-state index contributed by atoms with van der Waals surface area (Å²) >= 11 is 0. The lowest BCUT2D eigenvalue weighted by atomic mass is 9.97. The van der Waals surface area contributed by atoms with Crippen LogP contribution in [0.3, 0.4) is 0 Å². The van der Waals surface area contributed by atoms with Gasteiger partial charge in [0.1, 0.15) is 48.8 Å². The summed E-state index contributed by atoms with van der Waals surface area (Å²) in [6, 6.07) is 0. The van der Waals surface area contributed by atoms with Crippen molar-refractivity contribution in [1.82, 2.24) is 0 Å². The fraction of sp³-hybridized carbons (Fsp3) is 1.00. The Morgan fingerprint density at radius 1 is 0.588 bits per heavy atom. The maximum atomic E-state index is 10.6. The molecule has 0 spiro atoms. The van der Waals surface area contributed by atoms with Crippen LogP contribution in [0.15, 0.2) is 0 Å². The summed E-state index contributed by atoms with van der Waals surface area (Å²) in [4.78, 5) is 0. The zero-order valence-corrected chi connectivity index (χ0v) is 20.0. The van der Waals surface area contributed by atoms with Gasteiger partial charge in [0, 0.05) is 6.61 Å². The molecule has 2 aliphatic heterocycles. The first-order chi connectivity index (χ1) is 16.3. The van der Waals surface area contributed by atoms with Crippen LogP contribution in [-0.2, 0) is 18.9 Å². The van der Waals surface area contributed by atoms with Crippen molar-refractivity contribution >= 4 is 0 Å². The Kier molecular flexibility index (Phi) is 13.7. The molecule has 0 amide bonds. The average Bonchev–Trinajstić information content (AvgIpc) is 2.84. The molecule has 11 nitrogen and oxygen atoms in total. The maximum absolute atomic E-state index is 10.6. The Labute approximate surface area is 201 Å². The quantitative estimate of drug-likeness (QED) is 0.141. The van der Waals surface area contributed by atoms with Crippen molar-refractivity contribution in [1.29, 1.82) is 0 Å². The van der Waals surface area contributed by atoms with Crippen molar-refractivity contribution in [2.45, 2.75) is 126 Å². The number of aliphatic hydroxyl groups is 7. The molecule has 0 radical (unpaired) electrons. The minimum absolute atomic E-state index is 0.320. The second-order valence-corrected chi connectivity index (χ2v) is 9.20. The summed E-state index contributed by atoms with van der Waals surface area (Å²) < 4.78 is 22.0. The number of unbranched alkanes of at least 4 members (excludes halogenated alkanes) is 8. The van der Waals surface area contributed by atoms with Gasteiger partial charge in [-0.3, -0.25) is 0 Å². The van der Waals surface area contributed by atoms with Gasteiger partial charge in [-0.15, -0.1) is 0 Å². The summed E-state index contributed by atoms with van der Waals surface area (Å²) in [5, 5.41) is 70.0. The Bertz CT molecular complexity index is 535. The van der Waals surface area contributed by atoms with Gasteiger partial charge in [-0.25, -0.2) is 0 Å². The number of aliphatic hydroxyl groups excluding tert-OH is 7. The molecule has 0 aliphatic carbocycles. The van der Waals surface area contributed by atoms with Crippen molar-refractivity contribution in [3.05, 3.63) is 0 Å². The standard InChI is InChI=1S/C23H44O11/c1-2-3-4-5-6-7-8-9-10-11-31-22-20(30)18(28)21(15(13-25)33-22)34-23-19(29)17(27)16(26)14(12-24)32-23/h14-30H,2-13H2,1H3/t14?,15?,16-,17-,18+,19?,20?,21-,22+,23-/m0/s1.